The van der Waals surface area contributed by atoms with E-state index in [4.69, 9.17) is 17.3 Å². The Morgan fingerprint density at radius 1 is 1.20 bits per heavy atom. The van der Waals surface area contributed by atoms with Gasteiger partial charge in [0.15, 0.2) is 0 Å². The molecule has 7 heteroatoms. The molecule has 2 aromatic carbocycles. The van der Waals surface area contributed by atoms with Gasteiger partial charge in [-0.15, -0.1) is 0 Å². The Kier molecular flexibility index (Phi) is 4.27. The summed E-state index contributed by atoms with van der Waals surface area (Å²) in [5, 5.41) is 0.506. The molecule has 0 atom stereocenters. The molecule has 0 saturated carbocycles. The number of para-hydroxylation sites is 1. The highest BCUT2D eigenvalue weighted by Crippen LogP contribution is 2.21. The van der Waals surface area contributed by atoms with Crippen LogP contribution in [0.25, 0.3) is 0 Å². The van der Waals surface area contributed by atoms with Crippen molar-refractivity contribution in [2.45, 2.75) is 11.4 Å². The number of halogens is 2. The molecule has 20 heavy (non-hydrogen) atoms. The summed E-state index contributed by atoms with van der Waals surface area (Å²) in [5.74, 6) is -0.768. The number of nitrogen functional groups attached to an aromatic ring is 1. The number of hydrogen-bond acceptors (Lipinski definition) is 3. The second kappa shape index (κ2) is 5.78. The molecule has 0 fully saturated rings. The standard InChI is InChI=1S/C13H12ClFN2O2S/c14-10-4-1-3-9(7-10)8-17-20(18,19)12-6-2-5-11(15)13(12)16/h1-7,17H,8,16H2. The van der Waals surface area contributed by atoms with E-state index in [0.29, 0.717) is 10.6 Å². The molecule has 0 aromatic heterocycles. The first kappa shape index (κ1) is 14.8. The molecule has 0 radical (unpaired) electrons. The third-order valence-electron chi connectivity index (χ3n) is 2.66. The van der Waals surface area contributed by atoms with Gasteiger partial charge in [0.05, 0.1) is 5.69 Å². The van der Waals surface area contributed by atoms with Crippen LogP contribution < -0.4 is 10.5 Å². The molecule has 0 amide bonds. The van der Waals surface area contributed by atoms with Gasteiger partial charge in [0.25, 0.3) is 0 Å². The van der Waals surface area contributed by atoms with E-state index in [-0.39, 0.29) is 11.4 Å². The topological polar surface area (TPSA) is 72.2 Å². The number of anilines is 1. The van der Waals surface area contributed by atoms with Crippen molar-refractivity contribution in [3.63, 3.8) is 0 Å². The van der Waals surface area contributed by atoms with Gasteiger partial charge in [-0.3, -0.25) is 0 Å². The van der Waals surface area contributed by atoms with Crippen LogP contribution in [0.4, 0.5) is 10.1 Å². The summed E-state index contributed by atoms with van der Waals surface area (Å²) in [5.41, 5.74) is 5.74. The Morgan fingerprint density at radius 2 is 1.90 bits per heavy atom. The van der Waals surface area contributed by atoms with Crippen LogP contribution in [0.15, 0.2) is 47.4 Å². The molecular formula is C13H12ClFN2O2S. The molecule has 0 aliphatic carbocycles. The van der Waals surface area contributed by atoms with E-state index >= 15 is 0 Å². The van der Waals surface area contributed by atoms with E-state index in [1.807, 2.05) is 0 Å². The highest BCUT2D eigenvalue weighted by atomic mass is 35.5. The average Bonchev–Trinajstić information content (AvgIpc) is 2.40. The highest BCUT2D eigenvalue weighted by molar-refractivity contribution is 7.89. The fraction of sp³-hybridized carbons (Fsp3) is 0.0769. The van der Waals surface area contributed by atoms with Crippen molar-refractivity contribution in [3.05, 3.63) is 58.9 Å². The maximum absolute atomic E-state index is 13.3. The summed E-state index contributed by atoms with van der Waals surface area (Å²) in [6, 6.07) is 10.4. The molecule has 106 valence electrons. The summed E-state index contributed by atoms with van der Waals surface area (Å²) in [6.45, 7) is 0.0405. The predicted octanol–water partition coefficient (Wildman–Crippen LogP) is 2.54. The lowest BCUT2D eigenvalue weighted by Gasteiger charge is -2.09. The lowest BCUT2D eigenvalue weighted by Crippen LogP contribution is -2.24. The summed E-state index contributed by atoms with van der Waals surface area (Å²) < 4.78 is 39.8. The Bertz CT molecular complexity index is 735. The van der Waals surface area contributed by atoms with Crippen molar-refractivity contribution in [1.29, 1.82) is 0 Å². The summed E-state index contributed by atoms with van der Waals surface area (Å²) in [6.07, 6.45) is 0. The highest BCUT2D eigenvalue weighted by Gasteiger charge is 2.19. The van der Waals surface area contributed by atoms with Gasteiger partial charge in [-0.1, -0.05) is 29.8 Å². The molecule has 4 nitrogen and oxygen atoms in total. The Hall–Kier alpha value is -1.63. The van der Waals surface area contributed by atoms with Crippen molar-refractivity contribution >= 4 is 27.3 Å². The van der Waals surface area contributed by atoms with Crippen LogP contribution in [-0.2, 0) is 16.6 Å². The van der Waals surface area contributed by atoms with E-state index in [1.165, 1.54) is 12.1 Å². The molecule has 2 rings (SSSR count). The van der Waals surface area contributed by atoms with Crippen molar-refractivity contribution in [2.24, 2.45) is 0 Å². The van der Waals surface area contributed by atoms with Gasteiger partial charge in [-0.2, -0.15) is 0 Å². The Labute approximate surface area is 121 Å². The monoisotopic (exact) mass is 314 g/mol. The summed E-state index contributed by atoms with van der Waals surface area (Å²) >= 11 is 5.81. The first-order valence-corrected chi connectivity index (χ1v) is 7.54. The molecule has 3 N–H and O–H groups in total. The fourth-order valence-electron chi connectivity index (χ4n) is 1.65. The molecule has 0 bridgehead atoms. The molecule has 0 aliphatic heterocycles. The quantitative estimate of drug-likeness (QED) is 0.852. The molecule has 0 spiro atoms. The lowest BCUT2D eigenvalue weighted by molar-refractivity contribution is 0.579. The van der Waals surface area contributed by atoms with Crippen LogP contribution in [0.2, 0.25) is 5.02 Å². The second-order valence-corrected chi connectivity index (χ2v) is 6.28. The van der Waals surface area contributed by atoms with Gasteiger partial charge < -0.3 is 5.73 Å². The largest absolute Gasteiger partial charge is 0.395 e. The van der Waals surface area contributed by atoms with Gasteiger partial charge in [-0.05, 0) is 29.8 Å². The van der Waals surface area contributed by atoms with E-state index < -0.39 is 21.5 Å². The molecular weight excluding hydrogens is 303 g/mol. The third-order valence-corrected chi connectivity index (χ3v) is 4.35. The molecule has 0 heterocycles. The smallest absolute Gasteiger partial charge is 0.243 e. The van der Waals surface area contributed by atoms with Crippen molar-refractivity contribution in [1.82, 2.24) is 4.72 Å². The number of nitrogens with two attached hydrogens (primary N) is 1. The molecule has 0 unspecified atom stereocenters. The predicted molar refractivity (Wildman–Crippen MR) is 76.3 cm³/mol. The van der Waals surface area contributed by atoms with Crippen molar-refractivity contribution in [2.75, 3.05) is 5.73 Å². The van der Waals surface area contributed by atoms with Crippen LogP contribution in [-0.4, -0.2) is 8.42 Å². The number of sulfonamides is 1. The average molecular weight is 315 g/mol. The van der Waals surface area contributed by atoms with E-state index in [1.54, 1.807) is 24.3 Å². The lowest BCUT2D eigenvalue weighted by atomic mass is 10.2. The molecule has 0 aliphatic rings. The number of benzene rings is 2. The zero-order valence-electron chi connectivity index (χ0n) is 10.3. The minimum Gasteiger partial charge on any atom is -0.395 e. The maximum Gasteiger partial charge on any atom is 0.243 e. The summed E-state index contributed by atoms with van der Waals surface area (Å²) in [7, 11) is -3.88. The first-order chi connectivity index (χ1) is 9.40. The van der Waals surface area contributed by atoms with Crippen LogP contribution in [0.5, 0.6) is 0 Å². The molecule has 2 aromatic rings. The minimum absolute atomic E-state index is 0.0405. The summed E-state index contributed by atoms with van der Waals surface area (Å²) in [4.78, 5) is -0.278. The number of nitrogens with one attached hydrogen (secondary N) is 1. The molecule has 0 saturated heterocycles. The van der Waals surface area contributed by atoms with Crippen LogP contribution in [0.3, 0.4) is 0 Å². The van der Waals surface area contributed by atoms with Crippen molar-refractivity contribution in [3.8, 4) is 0 Å². The van der Waals surface area contributed by atoms with E-state index in [0.717, 1.165) is 6.07 Å². The van der Waals surface area contributed by atoms with Crippen LogP contribution in [0.1, 0.15) is 5.56 Å². The van der Waals surface area contributed by atoms with Crippen molar-refractivity contribution < 1.29 is 12.8 Å². The van der Waals surface area contributed by atoms with Crippen LogP contribution in [0, 0.1) is 5.82 Å². The van der Waals surface area contributed by atoms with E-state index in [9.17, 15) is 12.8 Å². The first-order valence-electron chi connectivity index (χ1n) is 5.68. The van der Waals surface area contributed by atoms with Gasteiger partial charge in [0.2, 0.25) is 10.0 Å². The third kappa shape index (κ3) is 3.27. The van der Waals surface area contributed by atoms with Gasteiger partial charge in [0.1, 0.15) is 10.7 Å². The zero-order valence-corrected chi connectivity index (χ0v) is 11.9. The number of hydrogen-bond donors (Lipinski definition) is 2. The second-order valence-electron chi connectivity index (χ2n) is 4.11. The fourth-order valence-corrected chi connectivity index (χ4v) is 3.02. The minimum atomic E-state index is -3.88. The van der Waals surface area contributed by atoms with Gasteiger partial charge >= 0.3 is 0 Å². The Balaban J connectivity index is 2.22. The van der Waals surface area contributed by atoms with Crippen LogP contribution >= 0.6 is 11.6 Å². The van der Waals surface area contributed by atoms with Gasteiger partial charge in [-0.25, -0.2) is 17.5 Å². The normalized spacial score (nSPS) is 11.5. The SMILES string of the molecule is Nc1c(F)cccc1S(=O)(=O)NCc1cccc(Cl)c1. The Morgan fingerprint density at radius 3 is 2.60 bits per heavy atom. The van der Waals surface area contributed by atoms with Gasteiger partial charge in [0, 0.05) is 11.6 Å². The maximum atomic E-state index is 13.3. The van der Waals surface area contributed by atoms with E-state index in [2.05, 4.69) is 4.72 Å². The number of rotatable bonds is 4. The zero-order chi connectivity index (χ0) is 14.8.